The Morgan fingerprint density at radius 1 is 1.21 bits per heavy atom. The number of carboxylic acid groups (broad SMARTS) is 1. The summed E-state index contributed by atoms with van der Waals surface area (Å²) in [7, 11) is 1.76. The molecule has 0 saturated heterocycles. The minimum absolute atomic E-state index is 0.0240. The Labute approximate surface area is 114 Å². The molecule has 1 rings (SSSR count). The first kappa shape index (κ1) is 15.4. The Morgan fingerprint density at radius 3 is 2.37 bits per heavy atom. The number of carboxylic acids is 1. The predicted molar refractivity (Wildman–Crippen MR) is 74.5 cm³/mol. The summed E-state index contributed by atoms with van der Waals surface area (Å²) in [5.41, 5.74) is 1.92. The van der Waals surface area contributed by atoms with Crippen LogP contribution in [0, 0.1) is 0 Å². The molecule has 0 saturated carbocycles. The number of carbonyl (C=O) groups excluding carboxylic acids is 1. The highest BCUT2D eigenvalue weighted by atomic mass is 16.4. The van der Waals surface area contributed by atoms with Crippen LogP contribution in [0.15, 0.2) is 24.3 Å². The van der Waals surface area contributed by atoms with E-state index in [9.17, 15) is 9.59 Å². The van der Waals surface area contributed by atoms with E-state index in [0.29, 0.717) is 12.1 Å². The SMILES string of the molecule is CCCc1ccc(C(=O)CN(C)CCC(=O)O)cc1. The highest BCUT2D eigenvalue weighted by Gasteiger charge is 2.10. The number of hydrogen-bond acceptors (Lipinski definition) is 3. The summed E-state index contributed by atoms with van der Waals surface area (Å²) in [6, 6.07) is 7.65. The van der Waals surface area contributed by atoms with Gasteiger partial charge in [-0.15, -0.1) is 0 Å². The number of carbonyl (C=O) groups is 2. The van der Waals surface area contributed by atoms with Crippen LogP contribution in [0.5, 0.6) is 0 Å². The molecule has 0 amide bonds. The first-order valence-electron chi connectivity index (χ1n) is 6.55. The predicted octanol–water partition coefficient (Wildman–Crippen LogP) is 2.23. The highest BCUT2D eigenvalue weighted by molar-refractivity contribution is 5.97. The van der Waals surface area contributed by atoms with Gasteiger partial charge in [-0.3, -0.25) is 14.5 Å². The third kappa shape index (κ3) is 5.66. The minimum atomic E-state index is -0.844. The van der Waals surface area contributed by atoms with Crippen molar-refractivity contribution in [1.82, 2.24) is 4.90 Å². The van der Waals surface area contributed by atoms with Crippen LogP contribution in [0.1, 0.15) is 35.7 Å². The number of likely N-dealkylation sites (N-methyl/N-ethyl adjacent to an activating group) is 1. The first-order valence-corrected chi connectivity index (χ1v) is 6.55. The van der Waals surface area contributed by atoms with Gasteiger partial charge < -0.3 is 5.11 Å². The second-order valence-electron chi connectivity index (χ2n) is 4.75. The van der Waals surface area contributed by atoms with E-state index in [4.69, 9.17) is 5.11 Å². The minimum Gasteiger partial charge on any atom is -0.481 e. The fraction of sp³-hybridized carbons (Fsp3) is 0.467. The van der Waals surface area contributed by atoms with Crippen LogP contribution in [0.2, 0.25) is 0 Å². The van der Waals surface area contributed by atoms with Gasteiger partial charge in [0.25, 0.3) is 0 Å². The summed E-state index contributed by atoms with van der Waals surface area (Å²) in [5, 5.41) is 8.58. The van der Waals surface area contributed by atoms with Gasteiger partial charge in [-0.25, -0.2) is 0 Å². The maximum atomic E-state index is 12.0. The molecule has 1 N–H and O–H groups in total. The average molecular weight is 263 g/mol. The molecule has 0 aliphatic rings. The number of benzene rings is 1. The van der Waals surface area contributed by atoms with E-state index in [1.165, 1.54) is 5.56 Å². The van der Waals surface area contributed by atoms with Gasteiger partial charge in [0.2, 0.25) is 0 Å². The third-order valence-electron chi connectivity index (χ3n) is 2.94. The first-order chi connectivity index (χ1) is 9.02. The summed E-state index contributed by atoms with van der Waals surface area (Å²) in [6.45, 7) is 2.76. The van der Waals surface area contributed by atoms with E-state index < -0.39 is 5.97 Å². The van der Waals surface area contributed by atoms with Crippen molar-refractivity contribution in [3.63, 3.8) is 0 Å². The molecule has 0 aromatic heterocycles. The molecule has 0 aliphatic carbocycles. The van der Waals surface area contributed by atoms with Gasteiger partial charge in [0.15, 0.2) is 5.78 Å². The van der Waals surface area contributed by atoms with Gasteiger partial charge >= 0.3 is 5.97 Å². The van der Waals surface area contributed by atoms with Crippen molar-refractivity contribution in [3.05, 3.63) is 35.4 Å². The Hall–Kier alpha value is -1.68. The molecule has 0 radical (unpaired) electrons. The Morgan fingerprint density at radius 2 is 1.84 bits per heavy atom. The molecule has 0 bridgehead atoms. The molecule has 0 heterocycles. The van der Waals surface area contributed by atoms with Gasteiger partial charge in [-0.2, -0.15) is 0 Å². The van der Waals surface area contributed by atoms with Crippen LogP contribution in [-0.2, 0) is 11.2 Å². The fourth-order valence-corrected chi connectivity index (χ4v) is 1.85. The molecule has 0 spiro atoms. The van der Waals surface area contributed by atoms with Crippen LogP contribution in [-0.4, -0.2) is 41.9 Å². The summed E-state index contributed by atoms with van der Waals surface area (Å²) < 4.78 is 0. The van der Waals surface area contributed by atoms with E-state index in [0.717, 1.165) is 12.8 Å². The molecule has 4 heteroatoms. The number of aryl methyl sites for hydroxylation is 1. The van der Waals surface area contributed by atoms with E-state index in [2.05, 4.69) is 6.92 Å². The van der Waals surface area contributed by atoms with Gasteiger partial charge in [-0.05, 0) is 19.0 Å². The lowest BCUT2D eigenvalue weighted by molar-refractivity contribution is -0.137. The van der Waals surface area contributed by atoms with Crippen LogP contribution < -0.4 is 0 Å². The van der Waals surface area contributed by atoms with Crippen molar-refractivity contribution >= 4 is 11.8 Å². The monoisotopic (exact) mass is 263 g/mol. The number of hydrogen-bond donors (Lipinski definition) is 1. The maximum Gasteiger partial charge on any atom is 0.304 e. The van der Waals surface area contributed by atoms with Gasteiger partial charge in [0.1, 0.15) is 0 Å². The molecule has 19 heavy (non-hydrogen) atoms. The van der Waals surface area contributed by atoms with Crippen LogP contribution in [0.4, 0.5) is 0 Å². The Bertz CT molecular complexity index is 426. The number of nitrogens with zero attached hydrogens (tertiary/aromatic N) is 1. The summed E-state index contributed by atoms with van der Waals surface area (Å²) in [4.78, 5) is 24.2. The molecular formula is C15H21NO3. The lowest BCUT2D eigenvalue weighted by atomic mass is 10.1. The zero-order chi connectivity index (χ0) is 14.3. The molecule has 4 nitrogen and oxygen atoms in total. The van der Waals surface area contributed by atoms with Gasteiger partial charge in [-0.1, -0.05) is 37.6 Å². The van der Waals surface area contributed by atoms with Crippen LogP contribution >= 0.6 is 0 Å². The molecular weight excluding hydrogens is 242 g/mol. The molecule has 1 aromatic rings. The zero-order valence-corrected chi connectivity index (χ0v) is 11.6. The van der Waals surface area contributed by atoms with Crippen molar-refractivity contribution in [2.45, 2.75) is 26.2 Å². The van der Waals surface area contributed by atoms with E-state index >= 15 is 0 Å². The van der Waals surface area contributed by atoms with Crippen molar-refractivity contribution in [3.8, 4) is 0 Å². The standard InChI is InChI=1S/C15H21NO3/c1-3-4-12-5-7-13(8-6-12)14(17)11-16(2)10-9-15(18)19/h5-8H,3-4,9-11H2,1-2H3,(H,18,19). The third-order valence-corrected chi connectivity index (χ3v) is 2.94. The number of ketones is 1. The largest absolute Gasteiger partial charge is 0.481 e. The number of rotatable bonds is 8. The normalized spacial score (nSPS) is 10.7. The molecule has 104 valence electrons. The smallest absolute Gasteiger partial charge is 0.304 e. The Kier molecular flexibility index (Phi) is 6.22. The molecule has 0 fully saturated rings. The van der Waals surface area contributed by atoms with Crippen molar-refractivity contribution in [2.24, 2.45) is 0 Å². The van der Waals surface area contributed by atoms with Crippen molar-refractivity contribution < 1.29 is 14.7 Å². The van der Waals surface area contributed by atoms with E-state index in [-0.39, 0.29) is 18.7 Å². The van der Waals surface area contributed by atoms with Crippen LogP contribution in [0.25, 0.3) is 0 Å². The molecule has 0 atom stereocenters. The lowest BCUT2D eigenvalue weighted by Crippen LogP contribution is -2.28. The molecule has 1 aromatic carbocycles. The summed E-state index contributed by atoms with van der Waals surface area (Å²) in [5.74, 6) is -0.820. The van der Waals surface area contributed by atoms with Gasteiger partial charge in [0, 0.05) is 12.1 Å². The van der Waals surface area contributed by atoms with Crippen molar-refractivity contribution in [2.75, 3.05) is 20.1 Å². The summed E-state index contributed by atoms with van der Waals surface area (Å²) >= 11 is 0. The maximum absolute atomic E-state index is 12.0. The average Bonchev–Trinajstić information content (AvgIpc) is 2.37. The van der Waals surface area contributed by atoms with E-state index in [1.54, 1.807) is 11.9 Å². The summed E-state index contributed by atoms with van der Waals surface area (Å²) in [6.07, 6.45) is 2.16. The quantitative estimate of drug-likeness (QED) is 0.731. The fourth-order valence-electron chi connectivity index (χ4n) is 1.85. The Balaban J connectivity index is 2.50. The molecule has 0 aliphatic heterocycles. The number of aliphatic carboxylic acids is 1. The topological polar surface area (TPSA) is 57.6 Å². The second kappa shape index (κ2) is 7.69. The van der Waals surface area contributed by atoms with E-state index in [1.807, 2.05) is 24.3 Å². The highest BCUT2D eigenvalue weighted by Crippen LogP contribution is 2.08. The second-order valence-corrected chi connectivity index (χ2v) is 4.75. The molecule has 0 unspecified atom stereocenters. The number of Topliss-reactive ketones (excluding diaryl/α,β-unsaturated/α-hetero) is 1. The van der Waals surface area contributed by atoms with Gasteiger partial charge in [0.05, 0.1) is 13.0 Å². The zero-order valence-electron chi connectivity index (χ0n) is 11.6. The lowest BCUT2D eigenvalue weighted by Gasteiger charge is -2.14. The van der Waals surface area contributed by atoms with Crippen molar-refractivity contribution in [1.29, 1.82) is 0 Å². The van der Waals surface area contributed by atoms with Crippen LogP contribution in [0.3, 0.4) is 0 Å².